The fraction of sp³-hybridized carbons (Fsp3) is 0.314. The summed E-state index contributed by atoms with van der Waals surface area (Å²) in [4.78, 5) is 11.9. The molecule has 0 saturated carbocycles. The van der Waals surface area contributed by atoms with Crippen LogP contribution in [-0.4, -0.2) is 26.9 Å². The molecule has 212 valence electrons. The molecule has 6 nitrogen and oxygen atoms in total. The zero-order valence-electron chi connectivity index (χ0n) is 25.3. The third-order valence-corrected chi connectivity index (χ3v) is 8.54. The molecule has 2 N–H and O–H groups in total. The normalized spacial score (nSPS) is 11.4. The Kier molecular flexibility index (Phi) is 7.76. The summed E-state index contributed by atoms with van der Waals surface area (Å²) in [7, 11) is 1.99. The summed E-state index contributed by atoms with van der Waals surface area (Å²) in [5.74, 6) is 0.520. The topological polar surface area (TPSA) is 75.1 Å². The van der Waals surface area contributed by atoms with Gasteiger partial charge in [0.2, 0.25) is 5.91 Å². The maximum atomic E-state index is 11.9. The van der Waals surface area contributed by atoms with Crippen LogP contribution in [0.3, 0.4) is 0 Å². The zero-order chi connectivity index (χ0) is 29.4. The minimum atomic E-state index is -0.414. The number of rotatable bonds is 9. The number of primary amides is 1. The lowest BCUT2D eigenvalue weighted by Crippen LogP contribution is -2.12. The molecule has 41 heavy (non-hydrogen) atoms. The SMILES string of the molecule is Cc1cc(OCCCc2c(C)n(Cc3cccc(C(N)=O)c3)c3c(-c4c(C)nn(C)c4C)cccc23)cc(C)c1C. The van der Waals surface area contributed by atoms with Gasteiger partial charge in [0.25, 0.3) is 0 Å². The average Bonchev–Trinajstić information content (AvgIpc) is 3.35. The largest absolute Gasteiger partial charge is 0.494 e. The molecule has 0 aliphatic rings. The van der Waals surface area contributed by atoms with Crippen molar-refractivity contribution in [2.24, 2.45) is 12.8 Å². The Morgan fingerprint density at radius 2 is 1.63 bits per heavy atom. The van der Waals surface area contributed by atoms with Crippen LogP contribution >= 0.6 is 0 Å². The second-order valence-electron chi connectivity index (χ2n) is 11.2. The number of amides is 1. The number of hydrogen-bond donors (Lipinski definition) is 1. The first-order valence-corrected chi connectivity index (χ1v) is 14.3. The minimum Gasteiger partial charge on any atom is -0.494 e. The summed E-state index contributed by atoms with van der Waals surface area (Å²) >= 11 is 0. The molecular weight excluding hydrogens is 508 g/mol. The lowest BCUT2D eigenvalue weighted by Gasteiger charge is -2.13. The maximum Gasteiger partial charge on any atom is 0.248 e. The van der Waals surface area contributed by atoms with Crippen molar-refractivity contribution < 1.29 is 9.53 Å². The van der Waals surface area contributed by atoms with Crippen molar-refractivity contribution in [3.05, 3.63) is 105 Å². The third-order valence-electron chi connectivity index (χ3n) is 8.54. The molecule has 0 atom stereocenters. The summed E-state index contributed by atoms with van der Waals surface area (Å²) in [6.45, 7) is 14.1. The molecule has 2 aromatic heterocycles. The van der Waals surface area contributed by atoms with Crippen LogP contribution in [0.25, 0.3) is 22.0 Å². The molecule has 6 heteroatoms. The lowest BCUT2D eigenvalue weighted by molar-refractivity contribution is 0.1000. The summed E-state index contributed by atoms with van der Waals surface area (Å²) in [5.41, 5.74) is 19.2. The number of para-hydroxylation sites is 1. The van der Waals surface area contributed by atoms with Gasteiger partial charge in [0, 0.05) is 47.1 Å². The van der Waals surface area contributed by atoms with Crippen molar-refractivity contribution in [1.29, 1.82) is 0 Å². The fourth-order valence-corrected chi connectivity index (χ4v) is 6.01. The number of benzene rings is 3. The van der Waals surface area contributed by atoms with Crippen LogP contribution in [0.1, 0.15) is 61.7 Å². The number of aryl methyl sites for hydroxylation is 5. The molecule has 0 saturated heterocycles. The smallest absolute Gasteiger partial charge is 0.248 e. The second kappa shape index (κ2) is 11.3. The van der Waals surface area contributed by atoms with Crippen molar-refractivity contribution in [2.75, 3.05) is 6.61 Å². The highest BCUT2D eigenvalue weighted by atomic mass is 16.5. The highest BCUT2D eigenvalue weighted by Gasteiger charge is 2.21. The van der Waals surface area contributed by atoms with Crippen molar-refractivity contribution in [1.82, 2.24) is 14.3 Å². The minimum absolute atomic E-state index is 0.414. The van der Waals surface area contributed by atoms with Gasteiger partial charge >= 0.3 is 0 Å². The monoisotopic (exact) mass is 548 g/mol. The van der Waals surface area contributed by atoms with Crippen LogP contribution in [-0.2, 0) is 20.0 Å². The molecule has 0 spiro atoms. The van der Waals surface area contributed by atoms with E-state index in [4.69, 9.17) is 15.6 Å². The second-order valence-corrected chi connectivity index (χ2v) is 11.2. The number of carbonyl (C=O) groups is 1. The highest BCUT2D eigenvalue weighted by molar-refractivity contribution is 5.99. The van der Waals surface area contributed by atoms with Crippen LogP contribution in [0.5, 0.6) is 5.75 Å². The van der Waals surface area contributed by atoms with Crippen molar-refractivity contribution in [3.8, 4) is 16.9 Å². The molecule has 3 aromatic carbocycles. The predicted octanol–water partition coefficient (Wildman–Crippen LogP) is 7.05. The van der Waals surface area contributed by atoms with Crippen molar-refractivity contribution in [3.63, 3.8) is 0 Å². The van der Waals surface area contributed by atoms with Crippen LogP contribution in [0.2, 0.25) is 0 Å². The standard InChI is InChI=1S/C35H40N4O2/c1-21-17-29(18-22(2)23(21)3)41-16-10-15-30-25(5)39(20-27-11-8-12-28(19-27)35(36)40)34-31(30)13-9-14-32(34)33-24(4)37-38(7)26(33)6/h8-9,11-14,17-19H,10,15-16,20H2,1-7H3,(H2,36,40). The van der Waals surface area contributed by atoms with E-state index in [1.165, 1.54) is 50.0 Å². The maximum absolute atomic E-state index is 11.9. The molecule has 0 aliphatic carbocycles. The van der Waals surface area contributed by atoms with E-state index >= 15 is 0 Å². The zero-order valence-corrected chi connectivity index (χ0v) is 25.3. The number of aromatic nitrogens is 3. The fourth-order valence-electron chi connectivity index (χ4n) is 6.01. The Balaban J connectivity index is 1.54. The van der Waals surface area contributed by atoms with Gasteiger partial charge in [0.1, 0.15) is 5.75 Å². The molecular formula is C35H40N4O2. The van der Waals surface area contributed by atoms with Gasteiger partial charge in [0.15, 0.2) is 0 Å². The van der Waals surface area contributed by atoms with Crippen LogP contribution < -0.4 is 10.5 Å². The molecule has 0 unspecified atom stereocenters. The Hall–Kier alpha value is -4.32. The van der Waals surface area contributed by atoms with E-state index < -0.39 is 5.91 Å². The number of carbonyl (C=O) groups excluding carboxylic acids is 1. The van der Waals surface area contributed by atoms with Crippen molar-refractivity contribution in [2.45, 2.75) is 60.9 Å². The van der Waals surface area contributed by atoms with E-state index in [1.54, 1.807) is 6.07 Å². The summed E-state index contributed by atoms with van der Waals surface area (Å²) in [6.07, 6.45) is 1.80. The molecule has 0 fully saturated rings. The van der Waals surface area contributed by atoms with Crippen LogP contribution in [0, 0.1) is 41.5 Å². The first-order chi connectivity index (χ1) is 19.6. The van der Waals surface area contributed by atoms with Gasteiger partial charge in [-0.15, -0.1) is 0 Å². The van der Waals surface area contributed by atoms with Gasteiger partial charge in [-0.25, -0.2) is 0 Å². The van der Waals surface area contributed by atoms with Gasteiger partial charge in [0.05, 0.1) is 17.8 Å². The van der Waals surface area contributed by atoms with E-state index in [1.807, 2.05) is 23.9 Å². The van der Waals surface area contributed by atoms with Gasteiger partial charge in [-0.05, 0) is 106 Å². The summed E-state index contributed by atoms with van der Waals surface area (Å²) in [6, 6.07) is 18.5. The first kappa shape index (κ1) is 28.2. The number of nitrogens with two attached hydrogens (primary N) is 1. The molecule has 0 radical (unpaired) electrons. The Labute approximate surface area is 242 Å². The Bertz CT molecular complexity index is 1750. The molecule has 2 heterocycles. The molecule has 1 amide bonds. The quantitative estimate of drug-likeness (QED) is 0.201. The lowest BCUT2D eigenvalue weighted by atomic mass is 9.98. The Morgan fingerprint density at radius 3 is 2.29 bits per heavy atom. The van der Waals surface area contributed by atoms with Gasteiger partial charge in [-0.1, -0.05) is 30.3 Å². The van der Waals surface area contributed by atoms with E-state index in [9.17, 15) is 4.79 Å². The number of fused-ring (bicyclic) bond motifs is 1. The highest BCUT2D eigenvalue weighted by Crippen LogP contribution is 2.38. The molecule has 5 aromatic rings. The first-order valence-electron chi connectivity index (χ1n) is 14.3. The van der Waals surface area contributed by atoms with Gasteiger partial charge in [-0.3, -0.25) is 9.48 Å². The van der Waals surface area contributed by atoms with Gasteiger partial charge in [-0.2, -0.15) is 5.10 Å². The number of nitrogens with zero attached hydrogens (tertiary/aromatic N) is 3. The van der Waals surface area contributed by atoms with Crippen molar-refractivity contribution >= 4 is 16.8 Å². The predicted molar refractivity (Wildman–Crippen MR) is 167 cm³/mol. The average molecular weight is 549 g/mol. The summed E-state index contributed by atoms with van der Waals surface area (Å²) < 4.78 is 10.5. The number of ether oxygens (including phenoxy) is 1. The van der Waals surface area contributed by atoms with Gasteiger partial charge < -0.3 is 15.0 Å². The van der Waals surface area contributed by atoms with E-state index in [2.05, 4.69) is 82.5 Å². The molecule has 5 rings (SSSR count). The number of hydrogen-bond acceptors (Lipinski definition) is 3. The molecule has 0 bridgehead atoms. The van der Waals surface area contributed by atoms with E-state index in [-0.39, 0.29) is 0 Å². The van der Waals surface area contributed by atoms with Crippen LogP contribution in [0.4, 0.5) is 0 Å². The summed E-state index contributed by atoms with van der Waals surface area (Å²) in [5, 5.41) is 5.96. The third kappa shape index (κ3) is 5.39. The van der Waals surface area contributed by atoms with E-state index in [0.29, 0.717) is 18.7 Å². The Morgan fingerprint density at radius 1 is 0.927 bits per heavy atom. The molecule has 0 aliphatic heterocycles. The van der Waals surface area contributed by atoms with Crippen LogP contribution in [0.15, 0.2) is 54.6 Å². The van der Waals surface area contributed by atoms with E-state index in [0.717, 1.165) is 35.5 Å².